The van der Waals surface area contributed by atoms with Gasteiger partial charge in [0, 0.05) is 12.3 Å². The van der Waals surface area contributed by atoms with Crippen molar-refractivity contribution in [2.75, 3.05) is 4.72 Å². The highest BCUT2D eigenvalue weighted by molar-refractivity contribution is 7.92. The molecular weight excluding hydrogens is 395 g/mol. The Morgan fingerprint density at radius 1 is 1.00 bits per heavy atom. The normalized spacial score (nSPS) is 11.2. The van der Waals surface area contributed by atoms with Gasteiger partial charge in [0.1, 0.15) is 17.3 Å². The Morgan fingerprint density at radius 2 is 1.81 bits per heavy atom. The SMILES string of the molecule is O=S(=O)(Nc1cccc(OCc2ccccn2)c1)c1cccc(Cl)c1Cl. The summed E-state index contributed by atoms with van der Waals surface area (Å²) in [7, 11) is -3.88. The van der Waals surface area contributed by atoms with E-state index in [9.17, 15) is 8.42 Å². The van der Waals surface area contributed by atoms with Crippen molar-refractivity contribution >= 4 is 38.9 Å². The lowest BCUT2D eigenvalue weighted by Crippen LogP contribution is -2.13. The molecule has 8 heteroatoms. The van der Waals surface area contributed by atoms with E-state index >= 15 is 0 Å². The van der Waals surface area contributed by atoms with E-state index in [-0.39, 0.29) is 21.5 Å². The average Bonchev–Trinajstić information content (AvgIpc) is 2.63. The van der Waals surface area contributed by atoms with Gasteiger partial charge in [-0.15, -0.1) is 0 Å². The van der Waals surface area contributed by atoms with Gasteiger partial charge in [0.15, 0.2) is 0 Å². The first-order chi connectivity index (χ1) is 12.5. The minimum atomic E-state index is -3.88. The van der Waals surface area contributed by atoms with Crippen LogP contribution in [-0.2, 0) is 16.6 Å². The first kappa shape index (κ1) is 18.5. The molecule has 0 spiro atoms. The van der Waals surface area contributed by atoms with E-state index in [2.05, 4.69) is 9.71 Å². The highest BCUT2D eigenvalue weighted by Crippen LogP contribution is 2.30. The number of nitrogens with one attached hydrogen (secondary N) is 1. The molecule has 0 radical (unpaired) electrons. The number of anilines is 1. The minimum Gasteiger partial charge on any atom is -0.487 e. The number of halogens is 2. The van der Waals surface area contributed by atoms with Crippen molar-refractivity contribution in [2.24, 2.45) is 0 Å². The third-order valence-corrected chi connectivity index (χ3v) is 5.76. The van der Waals surface area contributed by atoms with Gasteiger partial charge in [-0.05, 0) is 36.4 Å². The molecule has 0 fully saturated rings. The minimum absolute atomic E-state index is 0.0239. The van der Waals surface area contributed by atoms with Crippen LogP contribution in [0.15, 0.2) is 71.8 Å². The van der Waals surface area contributed by atoms with Crippen molar-refractivity contribution in [3.8, 4) is 5.75 Å². The summed E-state index contributed by atoms with van der Waals surface area (Å²) in [4.78, 5) is 4.08. The first-order valence-electron chi connectivity index (χ1n) is 7.55. The Hall–Kier alpha value is -2.28. The summed E-state index contributed by atoms with van der Waals surface area (Å²) in [5, 5.41) is 0.145. The number of ether oxygens (including phenoxy) is 1. The lowest BCUT2D eigenvalue weighted by Gasteiger charge is -2.12. The predicted molar refractivity (Wildman–Crippen MR) is 102 cm³/mol. The van der Waals surface area contributed by atoms with Gasteiger partial charge in [-0.2, -0.15) is 0 Å². The van der Waals surface area contributed by atoms with Gasteiger partial charge in [0.2, 0.25) is 0 Å². The van der Waals surface area contributed by atoms with Crippen molar-refractivity contribution in [2.45, 2.75) is 11.5 Å². The van der Waals surface area contributed by atoms with Gasteiger partial charge >= 0.3 is 0 Å². The number of pyridine rings is 1. The monoisotopic (exact) mass is 408 g/mol. The van der Waals surface area contributed by atoms with Crippen LogP contribution in [0.2, 0.25) is 10.0 Å². The van der Waals surface area contributed by atoms with Crippen molar-refractivity contribution in [1.29, 1.82) is 0 Å². The second kappa shape index (κ2) is 7.95. The third-order valence-electron chi connectivity index (χ3n) is 3.40. The number of nitrogens with zero attached hydrogens (tertiary/aromatic N) is 1. The number of hydrogen-bond acceptors (Lipinski definition) is 4. The van der Waals surface area contributed by atoms with Crippen LogP contribution in [0.25, 0.3) is 0 Å². The van der Waals surface area contributed by atoms with Crippen LogP contribution < -0.4 is 9.46 Å². The number of hydrogen-bond donors (Lipinski definition) is 1. The zero-order chi connectivity index (χ0) is 18.6. The van der Waals surface area contributed by atoms with Crippen LogP contribution in [0.4, 0.5) is 5.69 Å². The molecule has 2 aromatic carbocycles. The van der Waals surface area contributed by atoms with E-state index in [0.29, 0.717) is 11.4 Å². The molecule has 0 bridgehead atoms. The van der Waals surface area contributed by atoms with Crippen LogP contribution in [-0.4, -0.2) is 13.4 Å². The van der Waals surface area contributed by atoms with Gasteiger partial charge < -0.3 is 4.74 Å². The molecule has 0 atom stereocenters. The van der Waals surface area contributed by atoms with E-state index in [1.165, 1.54) is 18.2 Å². The smallest absolute Gasteiger partial charge is 0.263 e. The van der Waals surface area contributed by atoms with Crippen LogP contribution >= 0.6 is 23.2 Å². The van der Waals surface area contributed by atoms with Gasteiger partial charge in [-0.1, -0.05) is 41.4 Å². The maximum atomic E-state index is 12.6. The largest absolute Gasteiger partial charge is 0.487 e. The summed E-state index contributed by atoms with van der Waals surface area (Å²) in [6.45, 7) is 0.275. The molecule has 0 saturated heterocycles. The molecule has 0 amide bonds. The van der Waals surface area contributed by atoms with E-state index < -0.39 is 10.0 Å². The van der Waals surface area contributed by atoms with E-state index in [1.54, 1.807) is 30.5 Å². The molecule has 0 aliphatic rings. The molecule has 3 rings (SSSR count). The Morgan fingerprint density at radius 3 is 2.58 bits per heavy atom. The van der Waals surface area contributed by atoms with Crippen molar-refractivity contribution < 1.29 is 13.2 Å². The zero-order valence-corrected chi connectivity index (χ0v) is 15.7. The molecule has 3 aromatic rings. The molecule has 0 aliphatic carbocycles. The fourth-order valence-corrected chi connectivity index (χ4v) is 4.00. The number of sulfonamides is 1. The Labute approximate surface area is 161 Å². The predicted octanol–water partition coefficient (Wildman–Crippen LogP) is 4.77. The molecule has 5 nitrogen and oxygen atoms in total. The second-order valence-corrected chi connectivity index (χ2v) is 7.73. The van der Waals surface area contributed by atoms with Gasteiger partial charge in [0.25, 0.3) is 10.0 Å². The summed E-state index contributed by atoms with van der Waals surface area (Å²) >= 11 is 11.9. The molecule has 26 heavy (non-hydrogen) atoms. The molecule has 1 heterocycles. The molecule has 0 unspecified atom stereocenters. The van der Waals surface area contributed by atoms with E-state index in [1.807, 2.05) is 18.2 Å². The van der Waals surface area contributed by atoms with E-state index in [0.717, 1.165) is 5.69 Å². The van der Waals surface area contributed by atoms with Gasteiger partial charge in [-0.3, -0.25) is 9.71 Å². The number of benzene rings is 2. The molecule has 134 valence electrons. The molecule has 0 aliphatic heterocycles. The molecule has 1 aromatic heterocycles. The number of aromatic nitrogens is 1. The summed E-state index contributed by atoms with van der Waals surface area (Å²) in [6, 6.07) is 16.6. The second-order valence-electron chi connectivity index (χ2n) is 5.30. The average molecular weight is 409 g/mol. The third kappa shape index (κ3) is 4.46. The van der Waals surface area contributed by atoms with Gasteiger partial charge in [-0.25, -0.2) is 8.42 Å². The summed E-state index contributed by atoms with van der Waals surface area (Å²) < 4.78 is 33.2. The maximum Gasteiger partial charge on any atom is 0.263 e. The maximum absolute atomic E-state index is 12.6. The fraction of sp³-hybridized carbons (Fsp3) is 0.0556. The molecular formula is C18H14Cl2N2O3S. The summed E-state index contributed by atoms with van der Waals surface area (Å²) in [6.07, 6.45) is 1.68. The van der Waals surface area contributed by atoms with Gasteiger partial charge in [0.05, 0.1) is 21.4 Å². The summed E-state index contributed by atoms with van der Waals surface area (Å²) in [5.74, 6) is 0.507. The van der Waals surface area contributed by atoms with Crippen LogP contribution in [0.3, 0.4) is 0 Å². The first-order valence-corrected chi connectivity index (χ1v) is 9.79. The summed E-state index contributed by atoms with van der Waals surface area (Å²) in [5.41, 5.74) is 1.11. The highest BCUT2D eigenvalue weighted by Gasteiger charge is 2.19. The van der Waals surface area contributed by atoms with E-state index in [4.69, 9.17) is 27.9 Å². The zero-order valence-electron chi connectivity index (χ0n) is 13.4. The number of rotatable bonds is 6. The highest BCUT2D eigenvalue weighted by atomic mass is 35.5. The lowest BCUT2D eigenvalue weighted by molar-refractivity contribution is 0.301. The lowest BCUT2D eigenvalue weighted by atomic mass is 10.3. The fourth-order valence-electron chi connectivity index (χ4n) is 2.19. The Kier molecular flexibility index (Phi) is 5.66. The molecule has 0 saturated carbocycles. The quantitative estimate of drug-likeness (QED) is 0.637. The van der Waals surface area contributed by atoms with Crippen molar-refractivity contribution in [3.63, 3.8) is 0 Å². The molecule has 1 N–H and O–H groups in total. The Bertz CT molecular complexity index is 1010. The van der Waals surface area contributed by atoms with Crippen LogP contribution in [0.1, 0.15) is 5.69 Å². The van der Waals surface area contributed by atoms with Crippen LogP contribution in [0.5, 0.6) is 5.75 Å². The standard InChI is InChI=1S/C18H14Cl2N2O3S/c19-16-8-4-9-17(18(16)20)26(23,24)22-13-6-3-7-15(11-13)25-12-14-5-1-2-10-21-14/h1-11,22H,12H2. The topological polar surface area (TPSA) is 68.3 Å². The van der Waals surface area contributed by atoms with Crippen LogP contribution in [0, 0.1) is 0 Å². The Balaban J connectivity index is 1.77. The van der Waals surface area contributed by atoms with Crippen molar-refractivity contribution in [1.82, 2.24) is 4.98 Å². The van der Waals surface area contributed by atoms with Crippen molar-refractivity contribution in [3.05, 3.63) is 82.6 Å².